The Balaban J connectivity index is 1.59. The number of carbonyl (C=O) groups excluding carboxylic acids is 2. The van der Waals surface area contributed by atoms with Gasteiger partial charge < -0.3 is 15.3 Å². The van der Waals surface area contributed by atoms with E-state index in [1.54, 1.807) is 18.7 Å². The first kappa shape index (κ1) is 22.8. The van der Waals surface area contributed by atoms with E-state index < -0.39 is 5.60 Å². The number of nitrogens with zero attached hydrogens (tertiary/aromatic N) is 2. The topological polar surface area (TPSA) is 72.9 Å². The highest BCUT2D eigenvalue weighted by atomic mass is 16.3. The van der Waals surface area contributed by atoms with Gasteiger partial charge in [-0.3, -0.25) is 14.5 Å². The molecule has 1 saturated carbocycles. The number of aliphatic hydroxyl groups is 1. The van der Waals surface area contributed by atoms with Crippen LogP contribution in [-0.4, -0.2) is 66.1 Å². The first-order valence-corrected chi connectivity index (χ1v) is 11.1. The third-order valence-corrected chi connectivity index (χ3v) is 7.10. The average molecular weight is 416 g/mol. The lowest BCUT2D eigenvalue weighted by Crippen LogP contribution is -2.47. The molecule has 0 unspecified atom stereocenters. The van der Waals surface area contributed by atoms with Crippen LogP contribution in [0.3, 0.4) is 0 Å². The van der Waals surface area contributed by atoms with Gasteiger partial charge in [0.1, 0.15) is 0 Å². The largest absolute Gasteiger partial charge is 0.390 e. The van der Waals surface area contributed by atoms with Gasteiger partial charge in [-0.25, -0.2) is 0 Å². The Kier molecular flexibility index (Phi) is 6.58. The van der Waals surface area contributed by atoms with Gasteiger partial charge in [0.05, 0.1) is 12.1 Å². The average Bonchev–Trinajstić information content (AvgIpc) is 2.97. The van der Waals surface area contributed by atoms with Crippen LogP contribution in [0.15, 0.2) is 30.3 Å². The van der Waals surface area contributed by atoms with Gasteiger partial charge in [-0.05, 0) is 71.0 Å². The van der Waals surface area contributed by atoms with Gasteiger partial charge in [0.25, 0.3) is 0 Å². The van der Waals surface area contributed by atoms with E-state index in [1.165, 1.54) is 5.56 Å². The Labute approximate surface area is 180 Å². The zero-order chi connectivity index (χ0) is 22.0. The number of nitrogens with one attached hydrogen (secondary N) is 1. The van der Waals surface area contributed by atoms with Gasteiger partial charge in [-0.2, -0.15) is 0 Å². The summed E-state index contributed by atoms with van der Waals surface area (Å²) in [5, 5.41) is 12.6. The Morgan fingerprint density at radius 3 is 2.37 bits per heavy atom. The molecule has 3 rings (SSSR count). The molecule has 166 valence electrons. The van der Waals surface area contributed by atoms with Crippen LogP contribution in [0.25, 0.3) is 0 Å². The van der Waals surface area contributed by atoms with Crippen LogP contribution >= 0.6 is 0 Å². The minimum absolute atomic E-state index is 0.0114. The number of rotatable bonds is 7. The first-order chi connectivity index (χ1) is 14.1. The van der Waals surface area contributed by atoms with Crippen molar-refractivity contribution in [3.05, 3.63) is 35.9 Å². The SMILES string of the molecule is CN(C)[C@]1(c2ccccc2)CC[C@@]2(CC1)CC(=O)N(CC(=O)NCCC(C)(C)O)C2. The minimum Gasteiger partial charge on any atom is -0.390 e. The number of hydrogen-bond acceptors (Lipinski definition) is 4. The van der Waals surface area contributed by atoms with E-state index in [4.69, 9.17) is 0 Å². The number of hydrogen-bond donors (Lipinski definition) is 2. The summed E-state index contributed by atoms with van der Waals surface area (Å²) in [4.78, 5) is 29.0. The van der Waals surface area contributed by atoms with Crippen molar-refractivity contribution < 1.29 is 14.7 Å². The number of benzene rings is 1. The Hall–Kier alpha value is -1.92. The number of amides is 2. The van der Waals surface area contributed by atoms with Crippen LogP contribution in [0.4, 0.5) is 0 Å². The molecule has 1 aliphatic heterocycles. The molecule has 0 aromatic heterocycles. The molecule has 1 aromatic carbocycles. The van der Waals surface area contributed by atoms with E-state index >= 15 is 0 Å². The number of carbonyl (C=O) groups is 2. The van der Waals surface area contributed by atoms with E-state index in [0.29, 0.717) is 25.9 Å². The first-order valence-electron chi connectivity index (χ1n) is 11.1. The molecule has 2 aliphatic rings. The van der Waals surface area contributed by atoms with Crippen molar-refractivity contribution in [3.63, 3.8) is 0 Å². The van der Waals surface area contributed by atoms with Gasteiger partial charge in [0.2, 0.25) is 11.8 Å². The van der Waals surface area contributed by atoms with Crippen molar-refractivity contribution in [1.29, 1.82) is 0 Å². The summed E-state index contributed by atoms with van der Waals surface area (Å²) >= 11 is 0. The fourth-order valence-corrected chi connectivity index (χ4v) is 5.13. The molecule has 2 N–H and O–H groups in total. The Morgan fingerprint density at radius 1 is 1.17 bits per heavy atom. The van der Waals surface area contributed by atoms with E-state index in [1.807, 2.05) is 0 Å². The summed E-state index contributed by atoms with van der Waals surface area (Å²) in [5.41, 5.74) is 0.536. The second-order valence-corrected chi connectivity index (χ2v) is 10.1. The fourth-order valence-electron chi connectivity index (χ4n) is 5.13. The van der Waals surface area contributed by atoms with Crippen LogP contribution in [0.5, 0.6) is 0 Å². The van der Waals surface area contributed by atoms with E-state index in [2.05, 4.69) is 54.6 Å². The van der Waals surface area contributed by atoms with Gasteiger partial charge in [0, 0.05) is 25.0 Å². The van der Waals surface area contributed by atoms with Crippen molar-refractivity contribution in [1.82, 2.24) is 15.1 Å². The summed E-state index contributed by atoms with van der Waals surface area (Å²) in [5.74, 6) is -0.0583. The maximum Gasteiger partial charge on any atom is 0.239 e. The minimum atomic E-state index is -0.805. The zero-order valence-electron chi connectivity index (χ0n) is 18.9. The monoisotopic (exact) mass is 415 g/mol. The third kappa shape index (κ3) is 5.03. The van der Waals surface area contributed by atoms with Crippen molar-refractivity contribution >= 4 is 11.8 Å². The Bertz CT molecular complexity index is 747. The molecule has 1 heterocycles. The molecular weight excluding hydrogens is 378 g/mol. The van der Waals surface area contributed by atoms with Gasteiger partial charge in [-0.1, -0.05) is 30.3 Å². The predicted octanol–water partition coefficient (Wildman–Crippen LogP) is 2.51. The van der Waals surface area contributed by atoms with Gasteiger partial charge >= 0.3 is 0 Å². The van der Waals surface area contributed by atoms with E-state index in [0.717, 1.165) is 25.7 Å². The van der Waals surface area contributed by atoms with Crippen LogP contribution in [0, 0.1) is 5.41 Å². The molecule has 1 spiro atoms. The summed E-state index contributed by atoms with van der Waals surface area (Å²) in [6.45, 7) is 4.64. The molecule has 1 aromatic rings. The highest BCUT2D eigenvalue weighted by Gasteiger charge is 2.50. The zero-order valence-corrected chi connectivity index (χ0v) is 18.9. The van der Waals surface area contributed by atoms with Crippen LogP contribution in [-0.2, 0) is 15.1 Å². The molecule has 0 atom stereocenters. The van der Waals surface area contributed by atoms with Crippen molar-refractivity contribution in [2.75, 3.05) is 33.7 Å². The second-order valence-electron chi connectivity index (χ2n) is 10.1. The van der Waals surface area contributed by atoms with Crippen LogP contribution in [0.1, 0.15) is 57.9 Å². The molecule has 30 heavy (non-hydrogen) atoms. The molecule has 1 aliphatic carbocycles. The Morgan fingerprint density at radius 2 is 1.80 bits per heavy atom. The summed E-state index contributed by atoms with van der Waals surface area (Å²) < 4.78 is 0. The predicted molar refractivity (Wildman–Crippen MR) is 118 cm³/mol. The standard InChI is InChI=1S/C24H37N3O3/c1-22(2,30)14-15-25-20(28)17-27-18-23(16-21(27)29)10-12-24(13-11-23,26(3)4)19-8-6-5-7-9-19/h5-9,30H,10-18H2,1-4H3,(H,25,28)/t23-,24-. The molecule has 1 saturated heterocycles. The molecule has 6 heteroatoms. The molecule has 0 radical (unpaired) electrons. The molecule has 6 nitrogen and oxygen atoms in total. The molecular formula is C24H37N3O3. The highest BCUT2D eigenvalue weighted by molar-refractivity contribution is 5.86. The fraction of sp³-hybridized carbons (Fsp3) is 0.667. The van der Waals surface area contributed by atoms with E-state index in [9.17, 15) is 14.7 Å². The lowest BCUT2D eigenvalue weighted by atomic mass is 9.64. The number of likely N-dealkylation sites (tertiary alicyclic amines) is 1. The maximum absolute atomic E-state index is 12.7. The molecule has 2 amide bonds. The smallest absolute Gasteiger partial charge is 0.239 e. The van der Waals surface area contributed by atoms with Crippen LogP contribution < -0.4 is 5.32 Å². The molecule has 0 bridgehead atoms. The summed E-state index contributed by atoms with van der Waals surface area (Å²) in [6, 6.07) is 10.7. The lowest BCUT2D eigenvalue weighted by molar-refractivity contribution is -0.133. The van der Waals surface area contributed by atoms with E-state index in [-0.39, 0.29) is 29.3 Å². The normalized spacial score (nSPS) is 27.1. The van der Waals surface area contributed by atoms with Crippen LogP contribution in [0.2, 0.25) is 0 Å². The third-order valence-electron chi connectivity index (χ3n) is 7.10. The van der Waals surface area contributed by atoms with Gasteiger partial charge in [0.15, 0.2) is 0 Å². The summed E-state index contributed by atoms with van der Waals surface area (Å²) in [6.07, 6.45) is 5.04. The lowest BCUT2D eigenvalue weighted by Gasteiger charge is -2.48. The van der Waals surface area contributed by atoms with Crippen molar-refractivity contribution in [2.24, 2.45) is 5.41 Å². The molecule has 2 fully saturated rings. The van der Waals surface area contributed by atoms with Gasteiger partial charge in [-0.15, -0.1) is 0 Å². The quantitative estimate of drug-likeness (QED) is 0.718. The highest BCUT2D eigenvalue weighted by Crippen LogP contribution is 2.52. The second kappa shape index (κ2) is 8.67. The summed E-state index contributed by atoms with van der Waals surface area (Å²) in [7, 11) is 4.30. The van der Waals surface area contributed by atoms with Crippen molar-refractivity contribution in [3.8, 4) is 0 Å². The van der Waals surface area contributed by atoms with Crippen molar-refractivity contribution in [2.45, 2.75) is 63.5 Å². The maximum atomic E-state index is 12.7.